The highest BCUT2D eigenvalue weighted by Crippen LogP contribution is 2.22. The number of nitrogens with one attached hydrogen (secondary N) is 1. The van der Waals surface area contributed by atoms with Crippen molar-refractivity contribution in [2.75, 3.05) is 7.05 Å². The van der Waals surface area contributed by atoms with Crippen LogP contribution < -0.4 is 5.32 Å². The number of hydrogen-bond donors (Lipinski definition) is 1. The van der Waals surface area contributed by atoms with Crippen LogP contribution in [0.15, 0.2) is 29.9 Å². The Kier molecular flexibility index (Phi) is 2.73. The molecule has 1 N–H and O–H groups in total. The summed E-state index contributed by atoms with van der Waals surface area (Å²) in [4.78, 5) is 19.5. The average molecular weight is 219 g/mol. The average Bonchev–Trinajstić information content (AvgIpc) is 2.78. The third-order valence-corrected chi connectivity index (χ3v) is 2.76. The highest BCUT2D eigenvalue weighted by molar-refractivity contribution is 7.13. The van der Waals surface area contributed by atoms with Crippen molar-refractivity contribution in [1.29, 1.82) is 0 Å². The van der Waals surface area contributed by atoms with Gasteiger partial charge in [0, 0.05) is 30.4 Å². The van der Waals surface area contributed by atoms with Gasteiger partial charge in [-0.3, -0.25) is 9.78 Å². The number of hydrogen-bond acceptors (Lipinski definition) is 4. The van der Waals surface area contributed by atoms with Crippen LogP contribution >= 0.6 is 11.3 Å². The first-order chi connectivity index (χ1) is 7.31. The van der Waals surface area contributed by atoms with E-state index in [1.165, 1.54) is 11.3 Å². The van der Waals surface area contributed by atoms with Gasteiger partial charge in [-0.25, -0.2) is 4.98 Å². The molecule has 76 valence electrons. The monoisotopic (exact) mass is 219 g/mol. The van der Waals surface area contributed by atoms with Crippen molar-refractivity contribution in [2.24, 2.45) is 0 Å². The number of carbonyl (C=O) groups is 1. The zero-order valence-electron chi connectivity index (χ0n) is 8.10. The SMILES string of the molecule is CNC(=O)c1csc(-c2cccnc2)n1. The molecule has 1 amide bonds. The smallest absolute Gasteiger partial charge is 0.270 e. The number of pyridine rings is 1. The van der Waals surface area contributed by atoms with Crippen molar-refractivity contribution < 1.29 is 4.79 Å². The predicted molar refractivity (Wildman–Crippen MR) is 58.7 cm³/mol. The summed E-state index contributed by atoms with van der Waals surface area (Å²) >= 11 is 1.43. The Morgan fingerprint density at radius 2 is 2.40 bits per heavy atom. The van der Waals surface area contributed by atoms with Crippen molar-refractivity contribution in [1.82, 2.24) is 15.3 Å². The van der Waals surface area contributed by atoms with E-state index in [2.05, 4.69) is 15.3 Å². The van der Waals surface area contributed by atoms with Crippen LogP contribution in [-0.4, -0.2) is 22.9 Å². The summed E-state index contributed by atoms with van der Waals surface area (Å²) in [6, 6.07) is 3.76. The normalized spacial score (nSPS) is 9.93. The summed E-state index contributed by atoms with van der Waals surface area (Å²) in [5, 5.41) is 5.08. The fourth-order valence-corrected chi connectivity index (χ4v) is 1.92. The Morgan fingerprint density at radius 1 is 1.53 bits per heavy atom. The van der Waals surface area contributed by atoms with E-state index in [4.69, 9.17) is 0 Å². The molecule has 0 saturated heterocycles. The zero-order chi connectivity index (χ0) is 10.7. The molecule has 0 atom stereocenters. The van der Waals surface area contributed by atoms with Gasteiger partial charge in [-0.15, -0.1) is 11.3 Å². The molecular formula is C10H9N3OS. The lowest BCUT2D eigenvalue weighted by Gasteiger charge is -1.94. The molecule has 0 fully saturated rings. The van der Waals surface area contributed by atoms with Gasteiger partial charge in [-0.2, -0.15) is 0 Å². The summed E-state index contributed by atoms with van der Waals surface area (Å²) in [6.45, 7) is 0. The van der Waals surface area contributed by atoms with Crippen molar-refractivity contribution in [2.45, 2.75) is 0 Å². The molecule has 0 aliphatic carbocycles. The topological polar surface area (TPSA) is 54.9 Å². The first-order valence-corrected chi connectivity index (χ1v) is 5.27. The van der Waals surface area contributed by atoms with Crippen LogP contribution in [0.1, 0.15) is 10.5 Å². The molecule has 15 heavy (non-hydrogen) atoms. The molecule has 0 unspecified atom stereocenters. The molecule has 2 aromatic heterocycles. The highest BCUT2D eigenvalue weighted by Gasteiger charge is 2.09. The molecule has 5 heteroatoms. The second-order valence-electron chi connectivity index (χ2n) is 2.86. The maximum absolute atomic E-state index is 11.3. The molecule has 0 saturated carbocycles. The van der Waals surface area contributed by atoms with E-state index in [0.717, 1.165) is 10.6 Å². The van der Waals surface area contributed by atoms with Crippen LogP contribution in [0, 0.1) is 0 Å². The van der Waals surface area contributed by atoms with Crippen LogP contribution in [-0.2, 0) is 0 Å². The van der Waals surface area contributed by atoms with E-state index >= 15 is 0 Å². The molecule has 0 spiro atoms. The molecule has 0 aromatic carbocycles. The molecule has 0 radical (unpaired) electrons. The quantitative estimate of drug-likeness (QED) is 0.834. The lowest BCUT2D eigenvalue weighted by atomic mass is 10.3. The van der Waals surface area contributed by atoms with Crippen molar-refractivity contribution in [3.8, 4) is 10.6 Å². The summed E-state index contributed by atoms with van der Waals surface area (Å²) < 4.78 is 0. The lowest BCUT2D eigenvalue weighted by molar-refractivity contribution is 0.0959. The Morgan fingerprint density at radius 3 is 3.07 bits per heavy atom. The van der Waals surface area contributed by atoms with Crippen LogP contribution in [0.3, 0.4) is 0 Å². The summed E-state index contributed by atoms with van der Waals surface area (Å²) in [6.07, 6.45) is 3.43. The molecule has 2 rings (SSSR count). The van der Waals surface area contributed by atoms with E-state index in [1.54, 1.807) is 24.8 Å². The summed E-state index contributed by atoms with van der Waals surface area (Å²) in [7, 11) is 1.59. The van der Waals surface area contributed by atoms with Crippen LogP contribution in [0.5, 0.6) is 0 Å². The third-order valence-electron chi connectivity index (χ3n) is 1.87. The van der Waals surface area contributed by atoms with Gasteiger partial charge in [0.05, 0.1) is 0 Å². The number of thiazole rings is 1. The number of nitrogens with zero attached hydrogens (tertiary/aromatic N) is 2. The van der Waals surface area contributed by atoms with Gasteiger partial charge < -0.3 is 5.32 Å². The second kappa shape index (κ2) is 4.18. The Balaban J connectivity index is 2.32. The van der Waals surface area contributed by atoms with Crippen molar-refractivity contribution in [3.63, 3.8) is 0 Å². The molecular weight excluding hydrogens is 210 g/mol. The van der Waals surface area contributed by atoms with Gasteiger partial charge >= 0.3 is 0 Å². The van der Waals surface area contributed by atoms with Crippen LogP contribution in [0.4, 0.5) is 0 Å². The molecule has 2 aromatic rings. The zero-order valence-corrected chi connectivity index (χ0v) is 8.91. The van der Waals surface area contributed by atoms with E-state index in [-0.39, 0.29) is 5.91 Å². The van der Waals surface area contributed by atoms with E-state index in [9.17, 15) is 4.79 Å². The van der Waals surface area contributed by atoms with Gasteiger partial charge in [0.2, 0.25) is 0 Å². The molecule has 0 aliphatic rings. The number of carbonyl (C=O) groups excluding carboxylic acids is 1. The summed E-state index contributed by atoms with van der Waals surface area (Å²) in [5.74, 6) is -0.165. The van der Waals surface area contributed by atoms with Gasteiger partial charge in [-0.1, -0.05) is 0 Å². The third kappa shape index (κ3) is 2.02. The largest absolute Gasteiger partial charge is 0.354 e. The van der Waals surface area contributed by atoms with Gasteiger partial charge in [0.1, 0.15) is 10.7 Å². The van der Waals surface area contributed by atoms with E-state index < -0.39 is 0 Å². The first-order valence-electron chi connectivity index (χ1n) is 4.39. The molecule has 0 aliphatic heterocycles. The fraction of sp³-hybridized carbons (Fsp3) is 0.100. The lowest BCUT2D eigenvalue weighted by Crippen LogP contribution is -2.17. The Labute approximate surface area is 91.0 Å². The van der Waals surface area contributed by atoms with E-state index in [0.29, 0.717) is 5.69 Å². The summed E-state index contributed by atoms with van der Waals surface area (Å²) in [5.41, 5.74) is 1.37. The minimum atomic E-state index is -0.165. The molecule has 4 nitrogen and oxygen atoms in total. The maximum atomic E-state index is 11.3. The Hall–Kier alpha value is -1.75. The number of amides is 1. The van der Waals surface area contributed by atoms with Gasteiger partial charge in [0.15, 0.2) is 0 Å². The van der Waals surface area contributed by atoms with Crippen LogP contribution in [0.25, 0.3) is 10.6 Å². The number of rotatable bonds is 2. The minimum absolute atomic E-state index is 0.165. The van der Waals surface area contributed by atoms with Gasteiger partial charge in [-0.05, 0) is 12.1 Å². The minimum Gasteiger partial charge on any atom is -0.354 e. The van der Waals surface area contributed by atoms with Gasteiger partial charge in [0.25, 0.3) is 5.91 Å². The standard InChI is InChI=1S/C10H9N3OS/c1-11-9(14)8-6-15-10(13-8)7-3-2-4-12-5-7/h2-6H,1H3,(H,11,14). The van der Waals surface area contributed by atoms with Crippen molar-refractivity contribution >= 4 is 17.2 Å². The van der Waals surface area contributed by atoms with E-state index in [1.807, 2.05) is 12.1 Å². The maximum Gasteiger partial charge on any atom is 0.270 e. The predicted octanol–water partition coefficient (Wildman–Crippen LogP) is 1.56. The van der Waals surface area contributed by atoms with Crippen LogP contribution in [0.2, 0.25) is 0 Å². The fourth-order valence-electron chi connectivity index (χ4n) is 1.13. The highest BCUT2D eigenvalue weighted by atomic mass is 32.1. The first kappa shape index (κ1) is 9.79. The Bertz CT molecular complexity index is 467. The molecule has 0 bridgehead atoms. The van der Waals surface area contributed by atoms with Crippen molar-refractivity contribution in [3.05, 3.63) is 35.6 Å². The second-order valence-corrected chi connectivity index (χ2v) is 3.72. The molecule has 2 heterocycles. The number of aromatic nitrogens is 2.